The second kappa shape index (κ2) is 9.70. The highest BCUT2D eigenvalue weighted by Crippen LogP contribution is 2.36. The fourth-order valence-corrected chi connectivity index (χ4v) is 5.60. The topological polar surface area (TPSA) is 131 Å². The molecule has 1 amide bonds. The van der Waals surface area contributed by atoms with Gasteiger partial charge in [-0.1, -0.05) is 17.7 Å². The number of nitrogens with one attached hydrogen (secondary N) is 2. The molecule has 0 aromatic heterocycles. The Hall–Kier alpha value is -3.77. The SMILES string of the molecule is Cc1ccc(NS(=O)(=O)c2ccc(NC(=O)CN(c3ccc4c(c3)OCO4)S(C)(=O)=O)cc2)c(C)c1. The van der Waals surface area contributed by atoms with Crippen LogP contribution in [0, 0.1) is 13.8 Å². The molecule has 4 rings (SSSR count). The van der Waals surface area contributed by atoms with Crippen molar-refractivity contribution in [3.05, 3.63) is 71.8 Å². The van der Waals surface area contributed by atoms with Gasteiger partial charge in [-0.15, -0.1) is 0 Å². The van der Waals surface area contributed by atoms with Crippen molar-refractivity contribution >= 4 is 43.0 Å². The van der Waals surface area contributed by atoms with Crippen LogP contribution in [0.5, 0.6) is 11.5 Å². The third kappa shape index (κ3) is 5.71. The third-order valence-corrected chi connectivity index (χ3v) is 7.93. The summed E-state index contributed by atoms with van der Waals surface area (Å²) in [4.78, 5) is 12.7. The Balaban J connectivity index is 1.46. The highest BCUT2D eigenvalue weighted by molar-refractivity contribution is 7.92. The normalized spacial score (nSPS) is 12.8. The maximum absolute atomic E-state index is 12.8. The standard InChI is InChI=1S/C24H25N3O7S2/c1-16-4-10-21(17(2)12-16)26-36(31,32)20-8-5-18(6-9-20)25-24(28)14-27(35(3,29)30)19-7-11-22-23(13-19)34-15-33-22/h4-13,26H,14-15H2,1-3H3,(H,25,28). The zero-order valence-corrected chi connectivity index (χ0v) is 21.4. The molecule has 0 atom stereocenters. The average Bonchev–Trinajstić information content (AvgIpc) is 3.27. The first kappa shape index (κ1) is 25.3. The van der Waals surface area contributed by atoms with E-state index in [1.54, 1.807) is 12.1 Å². The predicted molar refractivity (Wildman–Crippen MR) is 137 cm³/mol. The van der Waals surface area contributed by atoms with E-state index in [1.165, 1.54) is 36.4 Å². The fraction of sp³-hybridized carbons (Fsp3) is 0.208. The highest BCUT2D eigenvalue weighted by Gasteiger charge is 2.24. The molecule has 3 aromatic rings. The number of aryl methyl sites for hydroxylation is 2. The smallest absolute Gasteiger partial charge is 0.261 e. The van der Waals surface area contributed by atoms with Crippen LogP contribution >= 0.6 is 0 Å². The first-order valence-corrected chi connectivity index (χ1v) is 14.1. The van der Waals surface area contributed by atoms with Crippen LogP contribution in [0.1, 0.15) is 11.1 Å². The number of rotatable bonds is 8. The highest BCUT2D eigenvalue weighted by atomic mass is 32.2. The summed E-state index contributed by atoms with van der Waals surface area (Å²) in [5.74, 6) is 0.258. The molecular weight excluding hydrogens is 506 g/mol. The Labute approximate surface area is 209 Å². The van der Waals surface area contributed by atoms with Crippen LogP contribution in [0.3, 0.4) is 0 Å². The molecule has 1 heterocycles. The third-order valence-electron chi connectivity index (χ3n) is 5.41. The molecule has 36 heavy (non-hydrogen) atoms. The molecule has 0 aliphatic carbocycles. The van der Waals surface area contributed by atoms with Gasteiger partial charge in [-0.25, -0.2) is 16.8 Å². The Morgan fingerprint density at radius 1 is 0.917 bits per heavy atom. The first-order valence-electron chi connectivity index (χ1n) is 10.8. The van der Waals surface area contributed by atoms with E-state index in [1.807, 2.05) is 26.0 Å². The molecule has 3 aromatic carbocycles. The van der Waals surface area contributed by atoms with Crippen LogP contribution in [0.15, 0.2) is 65.6 Å². The van der Waals surface area contributed by atoms with Gasteiger partial charge in [0.25, 0.3) is 10.0 Å². The van der Waals surface area contributed by atoms with Crippen molar-refractivity contribution in [2.45, 2.75) is 18.7 Å². The number of nitrogens with zero attached hydrogens (tertiary/aromatic N) is 1. The second-order valence-electron chi connectivity index (χ2n) is 8.30. The average molecular weight is 532 g/mol. The quantitative estimate of drug-likeness (QED) is 0.456. The number of sulfonamides is 2. The summed E-state index contributed by atoms with van der Waals surface area (Å²) >= 11 is 0. The lowest BCUT2D eigenvalue weighted by Crippen LogP contribution is -2.37. The molecular formula is C24H25N3O7S2. The van der Waals surface area contributed by atoms with Gasteiger partial charge in [-0.05, 0) is 61.9 Å². The minimum atomic E-state index is -3.85. The number of carbonyl (C=O) groups is 1. The predicted octanol–water partition coefficient (Wildman–Crippen LogP) is 3.24. The molecule has 0 fully saturated rings. The van der Waals surface area contributed by atoms with Crippen molar-refractivity contribution in [1.82, 2.24) is 0 Å². The van der Waals surface area contributed by atoms with Gasteiger partial charge in [0.05, 0.1) is 22.5 Å². The molecule has 0 unspecified atom stereocenters. The molecule has 0 saturated carbocycles. The summed E-state index contributed by atoms with van der Waals surface area (Å²) in [5.41, 5.74) is 2.84. The van der Waals surface area contributed by atoms with Crippen LogP contribution < -0.4 is 23.8 Å². The minimum Gasteiger partial charge on any atom is -0.454 e. The molecule has 2 N–H and O–H groups in total. The van der Waals surface area contributed by atoms with E-state index >= 15 is 0 Å². The Morgan fingerprint density at radius 2 is 1.61 bits per heavy atom. The summed E-state index contributed by atoms with van der Waals surface area (Å²) in [6.07, 6.45) is 0.993. The fourth-order valence-electron chi connectivity index (χ4n) is 3.62. The number of anilines is 3. The second-order valence-corrected chi connectivity index (χ2v) is 11.9. The Morgan fingerprint density at radius 3 is 2.28 bits per heavy atom. The van der Waals surface area contributed by atoms with Crippen LogP contribution in [-0.2, 0) is 24.8 Å². The van der Waals surface area contributed by atoms with Crippen molar-refractivity contribution in [3.63, 3.8) is 0 Å². The molecule has 0 spiro atoms. The van der Waals surface area contributed by atoms with E-state index in [4.69, 9.17) is 9.47 Å². The number of carbonyl (C=O) groups excluding carboxylic acids is 1. The van der Waals surface area contributed by atoms with Crippen molar-refractivity contribution < 1.29 is 31.1 Å². The van der Waals surface area contributed by atoms with Gasteiger partial charge in [0.2, 0.25) is 22.7 Å². The molecule has 12 heteroatoms. The van der Waals surface area contributed by atoms with Gasteiger partial charge < -0.3 is 14.8 Å². The molecule has 190 valence electrons. The number of benzene rings is 3. The van der Waals surface area contributed by atoms with Crippen LogP contribution in [0.25, 0.3) is 0 Å². The van der Waals surface area contributed by atoms with Crippen LogP contribution in [0.4, 0.5) is 17.1 Å². The van der Waals surface area contributed by atoms with Gasteiger partial charge >= 0.3 is 0 Å². The van der Waals surface area contributed by atoms with E-state index < -0.39 is 32.5 Å². The van der Waals surface area contributed by atoms with Crippen molar-refractivity contribution in [1.29, 1.82) is 0 Å². The summed E-state index contributed by atoms with van der Waals surface area (Å²) in [7, 11) is -7.64. The van der Waals surface area contributed by atoms with Crippen molar-refractivity contribution in [2.75, 3.05) is 33.9 Å². The maximum Gasteiger partial charge on any atom is 0.261 e. The number of amides is 1. The summed E-state index contributed by atoms with van der Waals surface area (Å²) in [6, 6.07) is 15.5. The number of hydrogen-bond donors (Lipinski definition) is 2. The molecule has 1 aliphatic rings. The van der Waals surface area contributed by atoms with Gasteiger partial charge in [0.15, 0.2) is 11.5 Å². The van der Waals surface area contributed by atoms with Crippen LogP contribution in [-0.4, -0.2) is 42.3 Å². The zero-order valence-electron chi connectivity index (χ0n) is 19.8. The number of ether oxygens (including phenoxy) is 2. The molecule has 1 aliphatic heterocycles. The van der Waals surface area contributed by atoms with E-state index in [9.17, 15) is 21.6 Å². The number of fused-ring (bicyclic) bond motifs is 1. The summed E-state index contributed by atoms with van der Waals surface area (Å²) in [5, 5.41) is 2.59. The summed E-state index contributed by atoms with van der Waals surface area (Å²) < 4.78 is 64.3. The maximum atomic E-state index is 12.8. The Kier molecular flexibility index (Phi) is 6.83. The van der Waals surface area contributed by atoms with E-state index in [2.05, 4.69) is 10.0 Å². The van der Waals surface area contributed by atoms with E-state index in [0.717, 1.165) is 21.7 Å². The van der Waals surface area contributed by atoms with E-state index in [-0.39, 0.29) is 17.4 Å². The van der Waals surface area contributed by atoms with Gasteiger partial charge in [0.1, 0.15) is 6.54 Å². The van der Waals surface area contributed by atoms with Crippen LogP contribution in [0.2, 0.25) is 0 Å². The molecule has 10 nitrogen and oxygen atoms in total. The number of hydrogen-bond acceptors (Lipinski definition) is 7. The Bertz CT molecular complexity index is 1520. The van der Waals surface area contributed by atoms with Crippen molar-refractivity contribution in [3.8, 4) is 11.5 Å². The van der Waals surface area contributed by atoms with Crippen molar-refractivity contribution in [2.24, 2.45) is 0 Å². The lowest BCUT2D eigenvalue weighted by Gasteiger charge is -2.22. The lowest BCUT2D eigenvalue weighted by atomic mass is 10.1. The molecule has 0 radical (unpaired) electrons. The molecule has 0 saturated heterocycles. The van der Waals surface area contributed by atoms with Gasteiger partial charge in [-0.2, -0.15) is 0 Å². The first-order chi connectivity index (χ1) is 16.9. The largest absolute Gasteiger partial charge is 0.454 e. The molecule has 0 bridgehead atoms. The van der Waals surface area contributed by atoms with Gasteiger partial charge in [-0.3, -0.25) is 13.8 Å². The van der Waals surface area contributed by atoms with E-state index in [0.29, 0.717) is 22.9 Å². The van der Waals surface area contributed by atoms with Gasteiger partial charge in [0, 0.05) is 11.8 Å². The minimum absolute atomic E-state index is 0.0126. The lowest BCUT2D eigenvalue weighted by molar-refractivity contribution is -0.114. The zero-order chi connectivity index (χ0) is 26.1. The summed E-state index contributed by atoms with van der Waals surface area (Å²) in [6.45, 7) is 3.27. The monoisotopic (exact) mass is 531 g/mol.